The zero-order valence-corrected chi connectivity index (χ0v) is 10.00. The van der Waals surface area contributed by atoms with Crippen LogP contribution >= 0.6 is 0 Å². The number of nitrogens with zero attached hydrogens (tertiary/aromatic N) is 1. The normalized spacial score (nSPS) is 9.19. The summed E-state index contributed by atoms with van der Waals surface area (Å²) < 4.78 is 10.4. The monoisotopic (exact) mass is 217 g/mol. The summed E-state index contributed by atoms with van der Waals surface area (Å²) in [4.78, 5) is 0. The van der Waals surface area contributed by atoms with Crippen molar-refractivity contribution >= 4 is 5.57 Å². The number of benzene rings is 1. The predicted octanol–water partition coefficient (Wildman–Crippen LogP) is 3.02. The van der Waals surface area contributed by atoms with Crippen LogP contribution in [0.25, 0.3) is 5.57 Å². The highest BCUT2D eigenvalue weighted by Crippen LogP contribution is 2.31. The van der Waals surface area contributed by atoms with Crippen LogP contribution in [0.15, 0.2) is 23.8 Å². The third kappa shape index (κ3) is 2.34. The molecule has 0 aliphatic rings. The van der Waals surface area contributed by atoms with Crippen molar-refractivity contribution in [1.82, 2.24) is 0 Å². The van der Waals surface area contributed by atoms with Gasteiger partial charge in [-0.25, -0.2) is 0 Å². The summed E-state index contributed by atoms with van der Waals surface area (Å²) in [5, 5.41) is 9.10. The second-order valence-corrected chi connectivity index (χ2v) is 3.55. The van der Waals surface area contributed by atoms with Gasteiger partial charge in [-0.3, -0.25) is 0 Å². The number of hydrogen-bond acceptors (Lipinski definition) is 3. The van der Waals surface area contributed by atoms with E-state index in [9.17, 15) is 0 Å². The summed E-state index contributed by atoms with van der Waals surface area (Å²) in [7, 11) is 3.18. The molecule has 16 heavy (non-hydrogen) atoms. The lowest BCUT2D eigenvalue weighted by molar-refractivity contribution is 0.393. The van der Waals surface area contributed by atoms with Crippen molar-refractivity contribution in [2.45, 2.75) is 13.8 Å². The van der Waals surface area contributed by atoms with E-state index in [0.29, 0.717) is 17.1 Å². The van der Waals surface area contributed by atoms with Gasteiger partial charge in [-0.1, -0.05) is 5.57 Å². The fourth-order valence-corrected chi connectivity index (χ4v) is 1.45. The molecule has 0 fully saturated rings. The van der Waals surface area contributed by atoms with Crippen LogP contribution in [0.5, 0.6) is 11.5 Å². The molecule has 0 radical (unpaired) electrons. The van der Waals surface area contributed by atoms with E-state index in [1.165, 1.54) is 0 Å². The Kier molecular flexibility index (Phi) is 3.96. The Bertz CT molecular complexity index is 451. The average molecular weight is 217 g/mol. The first-order chi connectivity index (χ1) is 7.63. The van der Waals surface area contributed by atoms with Gasteiger partial charge >= 0.3 is 0 Å². The second kappa shape index (κ2) is 5.22. The molecule has 3 heteroatoms. The smallest absolute Gasteiger partial charge is 0.131 e. The van der Waals surface area contributed by atoms with Crippen LogP contribution in [-0.4, -0.2) is 14.2 Å². The first-order valence-electron chi connectivity index (χ1n) is 4.94. The molecule has 0 saturated carbocycles. The van der Waals surface area contributed by atoms with E-state index in [1.807, 2.05) is 26.0 Å². The molecule has 0 spiro atoms. The number of allylic oxidation sites excluding steroid dienone is 2. The standard InChI is InChI=1S/C13H15NO2/c1-9(2)12(8-14)11-6-5-10(15-3)7-13(11)16-4/h5-7H,1-4H3. The Balaban J connectivity index is 3.35. The van der Waals surface area contributed by atoms with E-state index in [0.717, 1.165) is 11.1 Å². The topological polar surface area (TPSA) is 42.2 Å². The highest BCUT2D eigenvalue weighted by molar-refractivity contribution is 5.82. The van der Waals surface area contributed by atoms with Crippen molar-refractivity contribution in [3.8, 4) is 17.6 Å². The van der Waals surface area contributed by atoms with E-state index in [2.05, 4.69) is 6.07 Å². The largest absolute Gasteiger partial charge is 0.497 e. The molecule has 0 saturated heterocycles. The van der Waals surface area contributed by atoms with E-state index < -0.39 is 0 Å². The number of rotatable bonds is 3. The Morgan fingerprint density at radius 1 is 1.19 bits per heavy atom. The molecule has 0 aliphatic heterocycles. The number of ether oxygens (including phenoxy) is 2. The maximum Gasteiger partial charge on any atom is 0.131 e. The maximum atomic E-state index is 9.10. The quantitative estimate of drug-likeness (QED) is 0.731. The van der Waals surface area contributed by atoms with Crippen molar-refractivity contribution in [2.75, 3.05) is 14.2 Å². The van der Waals surface area contributed by atoms with E-state index in [-0.39, 0.29) is 0 Å². The summed E-state index contributed by atoms with van der Waals surface area (Å²) >= 11 is 0. The van der Waals surface area contributed by atoms with Gasteiger partial charge in [-0.15, -0.1) is 0 Å². The van der Waals surface area contributed by atoms with Gasteiger partial charge < -0.3 is 9.47 Å². The summed E-state index contributed by atoms with van der Waals surface area (Å²) in [6.07, 6.45) is 0. The molecular formula is C13H15NO2. The predicted molar refractivity (Wildman–Crippen MR) is 63.4 cm³/mol. The minimum Gasteiger partial charge on any atom is -0.497 e. The molecule has 1 rings (SSSR count). The fraction of sp³-hybridized carbons (Fsp3) is 0.308. The highest BCUT2D eigenvalue weighted by Gasteiger charge is 2.10. The second-order valence-electron chi connectivity index (χ2n) is 3.55. The van der Waals surface area contributed by atoms with E-state index in [1.54, 1.807) is 20.3 Å². The molecule has 0 unspecified atom stereocenters. The Labute approximate surface area is 95.9 Å². The molecule has 1 aromatic rings. The van der Waals surface area contributed by atoms with Crippen LogP contribution in [0.4, 0.5) is 0 Å². The lowest BCUT2D eigenvalue weighted by Crippen LogP contribution is -1.93. The van der Waals surface area contributed by atoms with Gasteiger partial charge in [0.25, 0.3) is 0 Å². The summed E-state index contributed by atoms with van der Waals surface area (Å²) in [5.41, 5.74) is 2.40. The summed E-state index contributed by atoms with van der Waals surface area (Å²) in [6, 6.07) is 7.62. The zero-order chi connectivity index (χ0) is 12.1. The Hall–Kier alpha value is -1.95. The van der Waals surface area contributed by atoms with Crippen molar-refractivity contribution in [3.05, 3.63) is 29.3 Å². The molecule has 3 nitrogen and oxygen atoms in total. The third-order valence-corrected chi connectivity index (χ3v) is 2.29. The van der Waals surface area contributed by atoms with Crippen LogP contribution in [0.1, 0.15) is 19.4 Å². The fourth-order valence-electron chi connectivity index (χ4n) is 1.45. The molecule has 0 aromatic heterocycles. The lowest BCUT2D eigenvalue weighted by atomic mass is 10.0. The van der Waals surface area contributed by atoms with Crippen LogP contribution in [-0.2, 0) is 0 Å². The number of hydrogen-bond donors (Lipinski definition) is 0. The maximum absolute atomic E-state index is 9.10. The van der Waals surface area contributed by atoms with Gasteiger partial charge in [-0.05, 0) is 26.0 Å². The SMILES string of the molecule is COc1ccc(C(C#N)=C(C)C)c(OC)c1. The van der Waals surface area contributed by atoms with E-state index in [4.69, 9.17) is 14.7 Å². The molecule has 84 valence electrons. The summed E-state index contributed by atoms with van der Waals surface area (Å²) in [5.74, 6) is 1.36. The van der Waals surface area contributed by atoms with Gasteiger partial charge in [0.05, 0.1) is 25.9 Å². The Morgan fingerprint density at radius 2 is 1.88 bits per heavy atom. The minimum atomic E-state index is 0.638. The lowest BCUT2D eigenvalue weighted by Gasteiger charge is -2.10. The molecule has 0 atom stereocenters. The van der Waals surface area contributed by atoms with Crippen molar-refractivity contribution in [3.63, 3.8) is 0 Å². The van der Waals surface area contributed by atoms with Gasteiger partial charge in [0, 0.05) is 11.6 Å². The first-order valence-corrected chi connectivity index (χ1v) is 4.94. The van der Waals surface area contributed by atoms with Crippen LogP contribution in [0, 0.1) is 11.3 Å². The zero-order valence-electron chi connectivity index (χ0n) is 10.00. The van der Waals surface area contributed by atoms with Crippen molar-refractivity contribution < 1.29 is 9.47 Å². The molecule has 0 bridgehead atoms. The Morgan fingerprint density at radius 3 is 2.31 bits per heavy atom. The number of nitriles is 1. The van der Waals surface area contributed by atoms with Gasteiger partial charge in [0.2, 0.25) is 0 Å². The summed E-state index contributed by atoms with van der Waals surface area (Å²) in [6.45, 7) is 3.81. The van der Waals surface area contributed by atoms with E-state index >= 15 is 0 Å². The van der Waals surface area contributed by atoms with Crippen LogP contribution in [0.3, 0.4) is 0 Å². The molecule has 1 aromatic carbocycles. The minimum absolute atomic E-state index is 0.638. The highest BCUT2D eigenvalue weighted by atomic mass is 16.5. The van der Waals surface area contributed by atoms with Crippen LogP contribution in [0.2, 0.25) is 0 Å². The van der Waals surface area contributed by atoms with Crippen LogP contribution < -0.4 is 9.47 Å². The third-order valence-electron chi connectivity index (χ3n) is 2.29. The first kappa shape index (κ1) is 12.1. The van der Waals surface area contributed by atoms with Gasteiger partial charge in [-0.2, -0.15) is 5.26 Å². The molecule has 0 heterocycles. The molecular weight excluding hydrogens is 202 g/mol. The van der Waals surface area contributed by atoms with Gasteiger partial charge in [0.1, 0.15) is 11.5 Å². The van der Waals surface area contributed by atoms with Crippen molar-refractivity contribution in [1.29, 1.82) is 5.26 Å². The average Bonchev–Trinajstić information content (AvgIpc) is 2.29. The molecule has 0 amide bonds. The molecule has 0 N–H and O–H groups in total. The van der Waals surface area contributed by atoms with Crippen molar-refractivity contribution in [2.24, 2.45) is 0 Å². The molecule has 0 aliphatic carbocycles. The van der Waals surface area contributed by atoms with Gasteiger partial charge in [0.15, 0.2) is 0 Å². The number of methoxy groups -OCH3 is 2.